The lowest BCUT2D eigenvalue weighted by Gasteiger charge is -2.27. The number of methoxy groups -OCH3 is 1. The molecule has 0 heterocycles. The molecule has 0 radical (unpaired) electrons. The van der Waals surface area contributed by atoms with E-state index in [0.29, 0.717) is 17.4 Å². The van der Waals surface area contributed by atoms with Crippen molar-refractivity contribution in [2.45, 2.75) is 45.2 Å². The van der Waals surface area contributed by atoms with Crippen molar-refractivity contribution in [1.29, 1.82) is 0 Å². The Morgan fingerprint density at radius 1 is 1.33 bits per heavy atom. The zero-order valence-electron chi connectivity index (χ0n) is 13.9. The van der Waals surface area contributed by atoms with E-state index in [4.69, 9.17) is 4.74 Å². The molecule has 0 aliphatic carbocycles. The zero-order valence-corrected chi connectivity index (χ0v) is 13.9. The van der Waals surface area contributed by atoms with Gasteiger partial charge in [-0.1, -0.05) is 19.4 Å². The van der Waals surface area contributed by atoms with Gasteiger partial charge in [-0.25, -0.2) is 4.39 Å². The minimum absolute atomic E-state index is 0.0440. The lowest BCUT2D eigenvalue weighted by molar-refractivity contribution is 0.231. The first kappa shape index (κ1) is 17.9. The molecule has 1 aromatic rings. The second-order valence-corrected chi connectivity index (χ2v) is 5.60. The van der Waals surface area contributed by atoms with Gasteiger partial charge in [-0.3, -0.25) is 0 Å². The first-order chi connectivity index (χ1) is 10.0. The second kappa shape index (κ2) is 9.00. The van der Waals surface area contributed by atoms with Gasteiger partial charge >= 0.3 is 0 Å². The molecular weight excluding hydrogens is 267 g/mol. The maximum Gasteiger partial charge on any atom is 0.131 e. The SMILES string of the molecule is CCCC(C)N(C)CCC(NC)c1c(F)cccc1OC. The number of ether oxygens (including phenoxy) is 1. The summed E-state index contributed by atoms with van der Waals surface area (Å²) in [5.41, 5.74) is 0.624. The third-order valence-electron chi connectivity index (χ3n) is 4.16. The predicted octanol–water partition coefficient (Wildman–Crippen LogP) is 3.61. The number of halogens is 1. The van der Waals surface area contributed by atoms with E-state index < -0.39 is 0 Å². The average Bonchev–Trinajstić information content (AvgIpc) is 2.48. The fourth-order valence-corrected chi connectivity index (χ4v) is 2.66. The number of hydrogen-bond donors (Lipinski definition) is 1. The van der Waals surface area contributed by atoms with Gasteiger partial charge in [0.05, 0.1) is 7.11 Å². The van der Waals surface area contributed by atoms with E-state index in [1.165, 1.54) is 18.9 Å². The van der Waals surface area contributed by atoms with Crippen molar-refractivity contribution in [3.05, 3.63) is 29.6 Å². The molecule has 0 fully saturated rings. The normalized spacial score (nSPS) is 14.2. The van der Waals surface area contributed by atoms with Crippen LogP contribution in [-0.2, 0) is 0 Å². The lowest BCUT2D eigenvalue weighted by atomic mass is 10.0. The van der Waals surface area contributed by atoms with Gasteiger partial charge in [0.2, 0.25) is 0 Å². The Morgan fingerprint density at radius 2 is 2.05 bits per heavy atom. The van der Waals surface area contributed by atoms with Crippen LogP contribution in [0.25, 0.3) is 0 Å². The van der Waals surface area contributed by atoms with Crippen LogP contribution in [0.3, 0.4) is 0 Å². The molecule has 1 rings (SSSR count). The lowest BCUT2D eigenvalue weighted by Crippen LogP contribution is -2.32. The van der Waals surface area contributed by atoms with Crippen LogP contribution >= 0.6 is 0 Å². The van der Waals surface area contributed by atoms with Crippen molar-refractivity contribution in [1.82, 2.24) is 10.2 Å². The quantitative estimate of drug-likeness (QED) is 0.753. The molecule has 21 heavy (non-hydrogen) atoms. The molecule has 0 spiro atoms. The van der Waals surface area contributed by atoms with Gasteiger partial charge in [-0.15, -0.1) is 0 Å². The van der Waals surface area contributed by atoms with Crippen LogP contribution in [-0.4, -0.2) is 38.7 Å². The molecule has 4 heteroatoms. The van der Waals surface area contributed by atoms with Crippen molar-refractivity contribution in [2.75, 3.05) is 27.7 Å². The number of hydrogen-bond acceptors (Lipinski definition) is 3. The number of benzene rings is 1. The number of rotatable bonds is 9. The van der Waals surface area contributed by atoms with Gasteiger partial charge < -0.3 is 15.0 Å². The summed E-state index contributed by atoms with van der Waals surface area (Å²) in [6.45, 7) is 5.36. The van der Waals surface area contributed by atoms with E-state index in [-0.39, 0.29) is 11.9 Å². The van der Waals surface area contributed by atoms with Crippen LogP contribution < -0.4 is 10.1 Å². The van der Waals surface area contributed by atoms with Crippen molar-refractivity contribution in [3.8, 4) is 5.75 Å². The van der Waals surface area contributed by atoms with Crippen LogP contribution in [0.15, 0.2) is 18.2 Å². The highest BCUT2D eigenvalue weighted by Gasteiger charge is 2.20. The van der Waals surface area contributed by atoms with E-state index >= 15 is 0 Å². The predicted molar refractivity (Wildman–Crippen MR) is 86.4 cm³/mol. The summed E-state index contributed by atoms with van der Waals surface area (Å²) in [5, 5.41) is 3.21. The summed E-state index contributed by atoms with van der Waals surface area (Å²) < 4.78 is 19.5. The Kier molecular flexibility index (Phi) is 7.68. The Bertz CT molecular complexity index is 425. The molecule has 2 atom stereocenters. The van der Waals surface area contributed by atoms with Gasteiger partial charge in [0.25, 0.3) is 0 Å². The Labute approximate surface area is 128 Å². The van der Waals surface area contributed by atoms with Crippen molar-refractivity contribution < 1.29 is 9.13 Å². The average molecular weight is 296 g/mol. The first-order valence-corrected chi connectivity index (χ1v) is 7.75. The molecule has 120 valence electrons. The fraction of sp³-hybridized carbons (Fsp3) is 0.647. The molecule has 1 aromatic carbocycles. The van der Waals surface area contributed by atoms with E-state index in [1.807, 2.05) is 13.1 Å². The molecule has 1 N–H and O–H groups in total. The van der Waals surface area contributed by atoms with Crippen molar-refractivity contribution in [3.63, 3.8) is 0 Å². The molecule has 0 amide bonds. The maximum atomic E-state index is 14.1. The summed E-state index contributed by atoms with van der Waals surface area (Å²) in [6.07, 6.45) is 3.21. The standard InChI is InChI=1S/C17H29FN2O/c1-6-8-13(2)20(4)12-11-15(19-3)17-14(18)9-7-10-16(17)21-5/h7,9-10,13,15,19H,6,8,11-12H2,1-5H3. The minimum Gasteiger partial charge on any atom is -0.496 e. The Morgan fingerprint density at radius 3 is 2.62 bits per heavy atom. The van der Waals surface area contributed by atoms with E-state index in [2.05, 4.69) is 31.1 Å². The van der Waals surface area contributed by atoms with Crippen LogP contribution in [0, 0.1) is 5.82 Å². The molecular formula is C17H29FN2O. The minimum atomic E-state index is -0.210. The Balaban J connectivity index is 2.76. The topological polar surface area (TPSA) is 24.5 Å². The van der Waals surface area contributed by atoms with E-state index in [1.54, 1.807) is 13.2 Å². The third-order valence-corrected chi connectivity index (χ3v) is 4.16. The van der Waals surface area contributed by atoms with Crippen molar-refractivity contribution in [2.24, 2.45) is 0 Å². The molecule has 0 aromatic heterocycles. The smallest absolute Gasteiger partial charge is 0.131 e. The highest BCUT2D eigenvalue weighted by Crippen LogP contribution is 2.29. The highest BCUT2D eigenvalue weighted by molar-refractivity contribution is 5.37. The second-order valence-electron chi connectivity index (χ2n) is 5.60. The molecule has 2 unspecified atom stereocenters. The molecule has 0 aliphatic rings. The van der Waals surface area contributed by atoms with Crippen LogP contribution in [0.1, 0.15) is 44.7 Å². The van der Waals surface area contributed by atoms with Crippen LogP contribution in [0.2, 0.25) is 0 Å². The fourth-order valence-electron chi connectivity index (χ4n) is 2.66. The molecule has 3 nitrogen and oxygen atoms in total. The van der Waals surface area contributed by atoms with Gasteiger partial charge in [0, 0.05) is 17.6 Å². The van der Waals surface area contributed by atoms with Crippen LogP contribution in [0.4, 0.5) is 4.39 Å². The maximum absolute atomic E-state index is 14.1. The summed E-state index contributed by atoms with van der Waals surface area (Å²) in [7, 11) is 5.58. The van der Waals surface area contributed by atoms with Crippen molar-refractivity contribution >= 4 is 0 Å². The van der Waals surface area contributed by atoms with Gasteiger partial charge in [-0.05, 0) is 52.5 Å². The van der Waals surface area contributed by atoms with Crippen LogP contribution in [0.5, 0.6) is 5.75 Å². The highest BCUT2D eigenvalue weighted by atomic mass is 19.1. The number of nitrogens with one attached hydrogen (secondary N) is 1. The molecule has 0 saturated heterocycles. The summed E-state index contributed by atoms with van der Waals surface area (Å²) in [6, 6.07) is 5.49. The summed E-state index contributed by atoms with van der Waals surface area (Å²) >= 11 is 0. The van der Waals surface area contributed by atoms with Gasteiger partial charge in [-0.2, -0.15) is 0 Å². The van der Waals surface area contributed by atoms with E-state index in [0.717, 1.165) is 13.0 Å². The monoisotopic (exact) mass is 296 g/mol. The van der Waals surface area contributed by atoms with E-state index in [9.17, 15) is 4.39 Å². The van der Waals surface area contributed by atoms with Gasteiger partial charge in [0.1, 0.15) is 11.6 Å². The molecule has 0 bridgehead atoms. The summed E-state index contributed by atoms with van der Waals surface area (Å²) in [5.74, 6) is 0.400. The molecule has 0 saturated carbocycles. The third kappa shape index (κ3) is 4.97. The molecule has 0 aliphatic heterocycles. The Hall–Kier alpha value is -1.13. The number of nitrogens with zero attached hydrogens (tertiary/aromatic N) is 1. The largest absolute Gasteiger partial charge is 0.496 e. The zero-order chi connectivity index (χ0) is 15.8. The first-order valence-electron chi connectivity index (χ1n) is 7.75. The summed E-state index contributed by atoms with van der Waals surface area (Å²) in [4.78, 5) is 2.33. The van der Waals surface area contributed by atoms with Gasteiger partial charge in [0.15, 0.2) is 0 Å².